The Morgan fingerprint density at radius 3 is 3.15 bits per heavy atom. The molecule has 0 amide bonds. The molecule has 0 N–H and O–H groups in total. The molecule has 0 atom stereocenters. The second-order valence-electron chi connectivity index (χ2n) is 3.31. The topological polar surface area (TPSA) is 4.93 Å². The van der Waals surface area contributed by atoms with E-state index >= 15 is 0 Å². The Morgan fingerprint density at radius 1 is 1.31 bits per heavy atom. The fourth-order valence-corrected chi connectivity index (χ4v) is 1.93. The van der Waals surface area contributed by atoms with Crippen LogP contribution in [-0.2, 0) is 6.42 Å². The molecule has 3 rings (SSSR count). The number of aromatic nitrogens is 1. The summed E-state index contributed by atoms with van der Waals surface area (Å²) in [5.74, 6) is -0.143. The van der Waals surface area contributed by atoms with Crippen molar-refractivity contribution in [2.24, 2.45) is 0 Å². The fraction of sp³-hybridized carbons (Fsp3) is 0.0909. The minimum absolute atomic E-state index is 0.143. The van der Waals surface area contributed by atoms with E-state index in [4.69, 9.17) is 0 Å². The average molecular weight is 173 g/mol. The summed E-state index contributed by atoms with van der Waals surface area (Å²) in [6.07, 6.45) is 6.86. The maximum Gasteiger partial charge on any atom is 0.124 e. The van der Waals surface area contributed by atoms with Crippen molar-refractivity contribution in [2.45, 2.75) is 6.42 Å². The van der Waals surface area contributed by atoms with Gasteiger partial charge in [-0.3, -0.25) is 0 Å². The molecule has 64 valence electrons. The lowest BCUT2D eigenvalue weighted by atomic mass is 10.1. The van der Waals surface area contributed by atoms with Crippen molar-refractivity contribution < 1.29 is 4.39 Å². The van der Waals surface area contributed by atoms with E-state index in [0.717, 1.165) is 22.9 Å². The molecule has 0 bridgehead atoms. The van der Waals surface area contributed by atoms with Crippen molar-refractivity contribution in [3.05, 3.63) is 41.9 Å². The molecule has 0 aliphatic carbocycles. The highest BCUT2D eigenvalue weighted by molar-refractivity contribution is 5.86. The van der Waals surface area contributed by atoms with Gasteiger partial charge in [0.2, 0.25) is 0 Å². The molecule has 2 heteroatoms. The van der Waals surface area contributed by atoms with Gasteiger partial charge in [0.15, 0.2) is 0 Å². The van der Waals surface area contributed by atoms with Gasteiger partial charge in [0.1, 0.15) is 5.82 Å². The number of hydrogen-bond acceptors (Lipinski definition) is 0. The highest BCUT2D eigenvalue weighted by Gasteiger charge is 2.09. The Labute approximate surface area is 75.1 Å². The molecular formula is C11H8FN. The number of hydrogen-bond donors (Lipinski definition) is 0. The molecule has 0 fully saturated rings. The van der Waals surface area contributed by atoms with Crippen molar-refractivity contribution in [3.8, 4) is 0 Å². The SMILES string of the molecule is Fc1cc2c3c(ccn3C=CC2)c1. The molecule has 0 saturated carbocycles. The molecule has 1 aromatic carbocycles. The zero-order valence-electron chi connectivity index (χ0n) is 7.00. The number of allylic oxidation sites excluding steroid dienone is 1. The Morgan fingerprint density at radius 2 is 2.23 bits per heavy atom. The quantitative estimate of drug-likeness (QED) is 0.577. The first-order valence-electron chi connectivity index (χ1n) is 4.30. The predicted octanol–water partition coefficient (Wildman–Crippen LogP) is 2.81. The van der Waals surface area contributed by atoms with Crippen LogP contribution in [0.2, 0.25) is 0 Å². The van der Waals surface area contributed by atoms with E-state index in [1.54, 1.807) is 12.1 Å². The monoisotopic (exact) mass is 173 g/mol. The molecule has 1 nitrogen and oxygen atoms in total. The van der Waals surface area contributed by atoms with Crippen LogP contribution in [0.15, 0.2) is 30.5 Å². The van der Waals surface area contributed by atoms with Gasteiger partial charge in [0.25, 0.3) is 0 Å². The van der Waals surface area contributed by atoms with E-state index in [0.29, 0.717) is 0 Å². The smallest absolute Gasteiger partial charge is 0.124 e. The van der Waals surface area contributed by atoms with Crippen LogP contribution >= 0.6 is 0 Å². The minimum atomic E-state index is -0.143. The van der Waals surface area contributed by atoms with Crippen LogP contribution in [0.5, 0.6) is 0 Å². The third-order valence-electron chi connectivity index (χ3n) is 2.46. The van der Waals surface area contributed by atoms with Crippen LogP contribution in [0, 0.1) is 5.82 Å². The van der Waals surface area contributed by atoms with Crippen molar-refractivity contribution in [1.29, 1.82) is 0 Å². The lowest BCUT2D eigenvalue weighted by molar-refractivity contribution is 0.628. The number of rotatable bonds is 0. The number of halogens is 1. The molecule has 2 aromatic rings. The van der Waals surface area contributed by atoms with Gasteiger partial charge in [0.05, 0.1) is 5.52 Å². The van der Waals surface area contributed by atoms with Gasteiger partial charge in [-0.05, 0) is 30.2 Å². The highest BCUT2D eigenvalue weighted by Crippen LogP contribution is 2.25. The van der Waals surface area contributed by atoms with Crippen molar-refractivity contribution in [1.82, 2.24) is 4.57 Å². The van der Waals surface area contributed by atoms with Gasteiger partial charge < -0.3 is 4.57 Å². The molecule has 1 aromatic heterocycles. The van der Waals surface area contributed by atoms with E-state index in [1.165, 1.54) is 0 Å². The lowest BCUT2D eigenvalue weighted by Crippen LogP contribution is -1.96. The average Bonchev–Trinajstić information content (AvgIpc) is 2.50. The highest BCUT2D eigenvalue weighted by atomic mass is 19.1. The number of benzene rings is 1. The maximum atomic E-state index is 13.1. The Kier molecular flexibility index (Phi) is 1.18. The normalized spacial score (nSPS) is 13.9. The molecular weight excluding hydrogens is 165 g/mol. The summed E-state index contributed by atoms with van der Waals surface area (Å²) in [7, 11) is 0. The zero-order valence-corrected chi connectivity index (χ0v) is 7.00. The summed E-state index contributed by atoms with van der Waals surface area (Å²) in [4.78, 5) is 0. The molecule has 2 heterocycles. The Hall–Kier alpha value is -1.57. The molecule has 1 aliphatic rings. The summed E-state index contributed by atoms with van der Waals surface area (Å²) < 4.78 is 15.1. The van der Waals surface area contributed by atoms with E-state index in [-0.39, 0.29) is 5.82 Å². The molecule has 0 saturated heterocycles. The summed E-state index contributed by atoms with van der Waals surface area (Å²) in [5.41, 5.74) is 2.21. The van der Waals surface area contributed by atoms with Crippen LogP contribution in [0.25, 0.3) is 17.1 Å². The van der Waals surface area contributed by atoms with Crippen molar-refractivity contribution in [3.63, 3.8) is 0 Å². The van der Waals surface area contributed by atoms with Crippen molar-refractivity contribution in [2.75, 3.05) is 0 Å². The third kappa shape index (κ3) is 0.856. The van der Waals surface area contributed by atoms with Gasteiger partial charge in [-0.25, -0.2) is 4.39 Å². The number of nitrogens with zero attached hydrogens (tertiary/aromatic N) is 1. The third-order valence-corrected chi connectivity index (χ3v) is 2.46. The first-order chi connectivity index (χ1) is 6.34. The van der Waals surface area contributed by atoms with Crippen LogP contribution < -0.4 is 0 Å². The summed E-state index contributed by atoms with van der Waals surface area (Å²) >= 11 is 0. The van der Waals surface area contributed by atoms with Crippen LogP contribution in [0.1, 0.15) is 5.56 Å². The molecule has 13 heavy (non-hydrogen) atoms. The molecule has 1 aliphatic heterocycles. The van der Waals surface area contributed by atoms with Crippen LogP contribution in [0.4, 0.5) is 4.39 Å². The van der Waals surface area contributed by atoms with Gasteiger partial charge >= 0.3 is 0 Å². The maximum absolute atomic E-state index is 13.1. The Bertz CT molecular complexity index is 508. The minimum Gasteiger partial charge on any atom is -0.323 e. The second kappa shape index (κ2) is 2.22. The van der Waals surface area contributed by atoms with Crippen LogP contribution in [-0.4, -0.2) is 4.57 Å². The van der Waals surface area contributed by atoms with Gasteiger partial charge in [-0.2, -0.15) is 0 Å². The van der Waals surface area contributed by atoms with E-state index in [1.807, 2.05) is 29.1 Å². The lowest BCUT2D eigenvalue weighted by Gasteiger charge is -2.09. The van der Waals surface area contributed by atoms with Gasteiger partial charge in [-0.15, -0.1) is 0 Å². The first-order valence-corrected chi connectivity index (χ1v) is 4.30. The van der Waals surface area contributed by atoms with E-state index in [2.05, 4.69) is 0 Å². The van der Waals surface area contributed by atoms with E-state index < -0.39 is 0 Å². The standard InChI is InChI=1S/C11H8FN/c12-10-6-8-2-1-4-13-5-3-9(7-10)11(8)13/h1,3-7H,2H2. The van der Waals surface area contributed by atoms with Crippen LogP contribution in [0.3, 0.4) is 0 Å². The van der Waals surface area contributed by atoms with Crippen molar-refractivity contribution >= 4 is 17.1 Å². The molecule has 0 radical (unpaired) electrons. The zero-order chi connectivity index (χ0) is 8.84. The fourth-order valence-electron chi connectivity index (χ4n) is 1.93. The summed E-state index contributed by atoms with van der Waals surface area (Å²) in [5, 5.41) is 0.986. The van der Waals surface area contributed by atoms with E-state index in [9.17, 15) is 4.39 Å². The molecule has 0 spiro atoms. The summed E-state index contributed by atoms with van der Waals surface area (Å²) in [6.45, 7) is 0. The second-order valence-corrected chi connectivity index (χ2v) is 3.31. The van der Waals surface area contributed by atoms with Gasteiger partial charge in [-0.1, -0.05) is 6.08 Å². The summed E-state index contributed by atoms with van der Waals surface area (Å²) in [6, 6.07) is 5.13. The largest absolute Gasteiger partial charge is 0.323 e. The van der Waals surface area contributed by atoms with Gasteiger partial charge in [0, 0.05) is 17.8 Å². The molecule has 0 unspecified atom stereocenters. The Balaban J connectivity index is 2.52. The predicted molar refractivity (Wildman–Crippen MR) is 50.9 cm³/mol. The first kappa shape index (κ1) is 6.89.